The van der Waals surface area contributed by atoms with Crippen LogP contribution in [0.1, 0.15) is 0 Å². The molecule has 0 aliphatic rings. The maximum atomic E-state index is 11.0. The minimum atomic E-state index is -0.530. The molecule has 0 spiro atoms. The van der Waals surface area contributed by atoms with Gasteiger partial charge in [0.05, 0.1) is 0 Å². The van der Waals surface area contributed by atoms with E-state index in [2.05, 4.69) is 5.32 Å². The van der Waals surface area contributed by atoms with Crippen molar-refractivity contribution in [2.45, 2.75) is 0 Å². The Morgan fingerprint density at radius 3 is 2.41 bits per heavy atom. The number of nitrogens with one attached hydrogen (secondary N) is 1. The van der Waals surface area contributed by atoms with Gasteiger partial charge in [0.1, 0.15) is 11.5 Å². The highest BCUT2D eigenvalue weighted by molar-refractivity contribution is 7.80. The molecule has 1 N–H and O–H groups in total. The lowest BCUT2D eigenvalue weighted by atomic mass is 10.3. The number of ether oxygens (including phenoxy) is 2. The molecule has 92 valence electrons. The number of nitrogens with zero attached hydrogens (tertiary/aromatic N) is 1. The zero-order chi connectivity index (χ0) is 12.8. The molecule has 1 aromatic carbocycles. The van der Waals surface area contributed by atoms with Crippen molar-refractivity contribution in [3.8, 4) is 11.5 Å². The van der Waals surface area contributed by atoms with E-state index in [0.717, 1.165) is 0 Å². The van der Waals surface area contributed by atoms with Crippen molar-refractivity contribution in [2.75, 3.05) is 21.1 Å². The van der Waals surface area contributed by atoms with E-state index in [1.165, 1.54) is 7.05 Å². The number of thiocarbonyl (C=S) groups is 1. The van der Waals surface area contributed by atoms with Gasteiger partial charge in [-0.15, -0.1) is 0 Å². The largest absolute Gasteiger partial charge is 0.432 e. The summed E-state index contributed by atoms with van der Waals surface area (Å²) >= 11 is 5.00. The van der Waals surface area contributed by atoms with Gasteiger partial charge in [0.25, 0.3) is 5.17 Å². The maximum Gasteiger partial charge on any atom is 0.412 e. The average molecular weight is 254 g/mol. The van der Waals surface area contributed by atoms with Crippen molar-refractivity contribution in [1.29, 1.82) is 0 Å². The van der Waals surface area contributed by atoms with Gasteiger partial charge in [-0.2, -0.15) is 0 Å². The van der Waals surface area contributed by atoms with E-state index in [-0.39, 0.29) is 0 Å². The number of rotatable bonds is 2. The average Bonchev–Trinajstić information content (AvgIpc) is 2.29. The first kappa shape index (κ1) is 13.2. The minimum Gasteiger partial charge on any atom is -0.432 e. The minimum absolute atomic E-state index is 0.335. The van der Waals surface area contributed by atoms with Crippen LogP contribution in [0.2, 0.25) is 0 Å². The fraction of sp³-hybridized carbons (Fsp3) is 0.273. The predicted octanol–water partition coefficient (Wildman–Crippen LogP) is 1.63. The fourth-order valence-electron chi connectivity index (χ4n) is 0.951. The molecular weight excluding hydrogens is 240 g/mol. The summed E-state index contributed by atoms with van der Waals surface area (Å²) in [5.41, 5.74) is 0. The lowest BCUT2D eigenvalue weighted by Crippen LogP contribution is -2.25. The molecule has 0 saturated carbocycles. The van der Waals surface area contributed by atoms with E-state index in [1.807, 2.05) is 0 Å². The smallest absolute Gasteiger partial charge is 0.412 e. The summed E-state index contributed by atoms with van der Waals surface area (Å²) in [4.78, 5) is 12.7. The van der Waals surface area contributed by atoms with Crippen LogP contribution in [0.25, 0.3) is 0 Å². The highest BCUT2D eigenvalue weighted by Gasteiger charge is 2.05. The lowest BCUT2D eigenvalue weighted by molar-refractivity contribution is 0.203. The number of hydrogen-bond acceptors (Lipinski definition) is 4. The van der Waals surface area contributed by atoms with Crippen molar-refractivity contribution in [3.05, 3.63) is 24.3 Å². The van der Waals surface area contributed by atoms with Crippen LogP contribution in [0.15, 0.2) is 24.3 Å². The van der Waals surface area contributed by atoms with Crippen molar-refractivity contribution < 1.29 is 14.3 Å². The quantitative estimate of drug-likeness (QED) is 0.813. The molecule has 1 rings (SSSR count). The van der Waals surface area contributed by atoms with Crippen molar-refractivity contribution in [1.82, 2.24) is 10.2 Å². The van der Waals surface area contributed by atoms with Crippen LogP contribution >= 0.6 is 12.2 Å². The Morgan fingerprint density at radius 1 is 1.29 bits per heavy atom. The topological polar surface area (TPSA) is 50.8 Å². The molecule has 0 aromatic heterocycles. The van der Waals surface area contributed by atoms with Gasteiger partial charge in [-0.1, -0.05) is 6.07 Å². The molecule has 17 heavy (non-hydrogen) atoms. The molecule has 0 heterocycles. The second kappa shape index (κ2) is 6.05. The molecule has 1 amide bonds. The molecule has 0 bridgehead atoms. The normalized spacial score (nSPS) is 9.35. The third-order valence-corrected chi connectivity index (χ3v) is 2.24. The van der Waals surface area contributed by atoms with E-state index in [4.69, 9.17) is 21.7 Å². The van der Waals surface area contributed by atoms with Crippen LogP contribution in [0.3, 0.4) is 0 Å². The zero-order valence-corrected chi connectivity index (χ0v) is 10.7. The summed E-state index contributed by atoms with van der Waals surface area (Å²) < 4.78 is 10.3. The highest BCUT2D eigenvalue weighted by atomic mass is 32.1. The highest BCUT2D eigenvalue weighted by Crippen LogP contribution is 2.19. The van der Waals surface area contributed by atoms with E-state index >= 15 is 0 Å². The molecule has 0 radical (unpaired) electrons. The molecule has 0 saturated heterocycles. The lowest BCUT2D eigenvalue weighted by Gasteiger charge is -2.14. The second-order valence-electron chi connectivity index (χ2n) is 3.38. The zero-order valence-electron chi connectivity index (χ0n) is 9.89. The van der Waals surface area contributed by atoms with E-state index in [0.29, 0.717) is 16.7 Å². The van der Waals surface area contributed by atoms with Gasteiger partial charge in [-0.05, 0) is 24.4 Å². The molecule has 0 atom stereocenters. The fourth-order valence-corrected chi connectivity index (χ4v) is 1.05. The Bertz CT molecular complexity index is 421. The number of carbonyl (C=O) groups excluding carboxylic acids is 1. The Labute approximate surface area is 105 Å². The van der Waals surface area contributed by atoms with Gasteiger partial charge < -0.3 is 19.7 Å². The van der Waals surface area contributed by atoms with Gasteiger partial charge in [-0.3, -0.25) is 0 Å². The molecular formula is C11H14N2O3S. The number of hydrogen-bond donors (Lipinski definition) is 1. The van der Waals surface area contributed by atoms with Crippen LogP contribution in [-0.2, 0) is 0 Å². The van der Waals surface area contributed by atoms with Gasteiger partial charge in [0, 0.05) is 27.2 Å². The van der Waals surface area contributed by atoms with E-state index < -0.39 is 6.09 Å². The van der Waals surface area contributed by atoms with Crippen LogP contribution in [0, 0.1) is 0 Å². The summed E-state index contributed by atoms with van der Waals surface area (Å²) in [5, 5.41) is 2.69. The Kier molecular flexibility index (Phi) is 4.71. The number of benzene rings is 1. The molecule has 1 aromatic rings. The van der Waals surface area contributed by atoms with Crippen LogP contribution in [0.4, 0.5) is 4.79 Å². The standard InChI is InChI=1S/C11H14N2O3S/c1-12-10(14)15-8-5-4-6-9(7-8)16-11(17)13(2)3/h4-7H,1-3H3,(H,12,14). The van der Waals surface area contributed by atoms with Crippen molar-refractivity contribution >= 4 is 23.5 Å². The van der Waals surface area contributed by atoms with Gasteiger partial charge in [0.2, 0.25) is 0 Å². The second-order valence-corrected chi connectivity index (χ2v) is 3.73. The summed E-state index contributed by atoms with van der Waals surface area (Å²) in [6.07, 6.45) is -0.530. The summed E-state index contributed by atoms with van der Waals surface area (Å²) in [7, 11) is 5.06. The number of amides is 1. The molecule has 0 fully saturated rings. The number of carbonyl (C=O) groups is 1. The molecule has 5 nitrogen and oxygen atoms in total. The van der Waals surface area contributed by atoms with E-state index in [1.54, 1.807) is 43.3 Å². The Morgan fingerprint density at radius 2 is 1.88 bits per heavy atom. The summed E-state index contributed by atoms with van der Waals surface area (Å²) in [6, 6.07) is 6.68. The Hall–Kier alpha value is -1.82. The monoisotopic (exact) mass is 254 g/mol. The third-order valence-electron chi connectivity index (χ3n) is 1.79. The van der Waals surface area contributed by atoms with Crippen LogP contribution in [-0.4, -0.2) is 37.3 Å². The third kappa shape index (κ3) is 4.28. The molecule has 0 aliphatic carbocycles. The summed E-state index contributed by atoms with van der Waals surface area (Å²) in [5.74, 6) is 0.911. The Balaban J connectivity index is 2.72. The SMILES string of the molecule is CNC(=O)Oc1cccc(OC(=S)N(C)C)c1. The van der Waals surface area contributed by atoms with Gasteiger partial charge in [-0.25, -0.2) is 4.79 Å². The predicted molar refractivity (Wildman–Crippen MR) is 68.4 cm³/mol. The van der Waals surface area contributed by atoms with Gasteiger partial charge in [0.15, 0.2) is 0 Å². The maximum absolute atomic E-state index is 11.0. The van der Waals surface area contributed by atoms with Crippen LogP contribution < -0.4 is 14.8 Å². The molecule has 6 heteroatoms. The van der Waals surface area contributed by atoms with Crippen molar-refractivity contribution in [2.24, 2.45) is 0 Å². The van der Waals surface area contributed by atoms with Gasteiger partial charge >= 0.3 is 6.09 Å². The van der Waals surface area contributed by atoms with Crippen LogP contribution in [0.5, 0.6) is 11.5 Å². The van der Waals surface area contributed by atoms with Crippen molar-refractivity contribution in [3.63, 3.8) is 0 Å². The first-order valence-corrected chi connectivity index (χ1v) is 5.32. The summed E-state index contributed by atoms with van der Waals surface area (Å²) in [6.45, 7) is 0. The first-order chi connectivity index (χ1) is 8.02. The molecule has 0 unspecified atom stereocenters. The first-order valence-electron chi connectivity index (χ1n) is 4.91. The van der Waals surface area contributed by atoms with E-state index in [9.17, 15) is 4.79 Å². The molecule has 0 aliphatic heterocycles.